The lowest BCUT2D eigenvalue weighted by molar-refractivity contribution is 0.122. The zero-order valence-corrected chi connectivity index (χ0v) is 15.9. The predicted octanol–water partition coefficient (Wildman–Crippen LogP) is 0.712. The molecule has 2 N–H and O–H groups in total. The van der Waals surface area contributed by atoms with Gasteiger partial charge in [-0.3, -0.25) is 0 Å². The van der Waals surface area contributed by atoms with Crippen molar-refractivity contribution in [2.75, 3.05) is 56.7 Å². The lowest BCUT2D eigenvalue weighted by Gasteiger charge is -2.27. The average Bonchev–Trinajstić information content (AvgIpc) is 2.72. The van der Waals surface area contributed by atoms with Gasteiger partial charge >= 0.3 is 0 Å². The first-order chi connectivity index (χ1) is 13.1. The third kappa shape index (κ3) is 5.28. The molecule has 0 amide bonds. The van der Waals surface area contributed by atoms with Crippen LogP contribution in [0.25, 0.3) is 0 Å². The molecule has 2 heterocycles. The van der Waals surface area contributed by atoms with Gasteiger partial charge in [0.1, 0.15) is 23.7 Å². The van der Waals surface area contributed by atoms with Crippen LogP contribution >= 0.6 is 0 Å². The van der Waals surface area contributed by atoms with Gasteiger partial charge in [-0.1, -0.05) is 0 Å². The lowest BCUT2D eigenvalue weighted by Crippen LogP contribution is -2.36. The number of ether oxygens (including phenoxy) is 2. The molecule has 9 nitrogen and oxygen atoms in total. The van der Waals surface area contributed by atoms with Crippen molar-refractivity contribution in [3.63, 3.8) is 0 Å². The number of nitrogens with zero attached hydrogens (tertiary/aromatic N) is 3. The van der Waals surface area contributed by atoms with Gasteiger partial charge in [0.15, 0.2) is 0 Å². The number of aromatic nitrogens is 2. The topological polar surface area (TPSA) is 106 Å². The maximum Gasteiger partial charge on any atom is 0.240 e. The molecule has 0 spiro atoms. The normalized spacial score (nSPS) is 14.8. The molecule has 3 rings (SSSR count). The summed E-state index contributed by atoms with van der Waals surface area (Å²) in [6, 6.07) is 8.09. The number of hydrogen-bond acceptors (Lipinski definition) is 8. The average molecular weight is 393 g/mol. The van der Waals surface area contributed by atoms with E-state index < -0.39 is 10.0 Å². The minimum absolute atomic E-state index is 0.194. The summed E-state index contributed by atoms with van der Waals surface area (Å²) >= 11 is 0. The van der Waals surface area contributed by atoms with E-state index in [1.54, 1.807) is 12.1 Å². The molecule has 0 unspecified atom stereocenters. The van der Waals surface area contributed by atoms with Gasteiger partial charge in [-0.05, 0) is 24.3 Å². The van der Waals surface area contributed by atoms with Crippen molar-refractivity contribution in [1.29, 1.82) is 0 Å². The number of morpholine rings is 1. The van der Waals surface area contributed by atoms with Crippen LogP contribution < -0.4 is 19.7 Å². The van der Waals surface area contributed by atoms with Crippen LogP contribution in [0.4, 0.5) is 11.6 Å². The minimum Gasteiger partial charge on any atom is -0.497 e. The van der Waals surface area contributed by atoms with E-state index in [2.05, 4.69) is 24.9 Å². The van der Waals surface area contributed by atoms with Crippen LogP contribution in [-0.4, -0.2) is 64.9 Å². The second kappa shape index (κ2) is 8.98. The summed E-state index contributed by atoms with van der Waals surface area (Å²) in [4.78, 5) is 10.8. The van der Waals surface area contributed by atoms with Gasteiger partial charge in [0, 0.05) is 32.2 Å². The summed E-state index contributed by atoms with van der Waals surface area (Å²) in [5.74, 6) is 2.08. The number of hydrogen-bond donors (Lipinski definition) is 2. The van der Waals surface area contributed by atoms with Gasteiger partial charge in [0.25, 0.3) is 0 Å². The highest BCUT2D eigenvalue weighted by molar-refractivity contribution is 7.89. The molecule has 1 saturated heterocycles. The number of rotatable bonds is 8. The van der Waals surface area contributed by atoms with Crippen LogP contribution in [0.15, 0.2) is 41.6 Å². The van der Waals surface area contributed by atoms with Crippen molar-refractivity contribution in [3.8, 4) is 5.75 Å². The number of sulfonamides is 1. The SMILES string of the molecule is COc1ccc(S(=O)(=O)NCCNc2cc(N3CCOCC3)ncn2)cc1. The molecule has 1 fully saturated rings. The van der Waals surface area contributed by atoms with Crippen LogP contribution in [0.5, 0.6) is 5.75 Å². The molecular weight excluding hydrogens is 370 g/mol. The number of benzene rings is 1. The van der Waals surface area contributed by atoms with Gasteiger partial charge in [-0.25, -0.2) is 23.1 Å². The Hall–Kier alpha value is -2.43. The van der Waals surface area contributed by atoms with Crippen LogP contribution in [0.3, 0.4) is 0 Å². The monoisotopic (exact) mass is 393 g/mol. The van der Waals surface area contributed by atoms with Crippen LogP contribution in [0.2, 0.25) is 0 Å². The maximum absolute atomic E-state index is 12.3. The molecule has 1 aliphatic heterocycles. The fourth-order valence-electron chi connectivity index (χ4n) is 2.62. The maximum atomic E-state index is 12.3. The summed E-state index contributed by atoms with van der Waals surface area (Å²) in [5, 5.41) is 3.11. The van der Waals surface area contributed by atoms with Crippen molar-refractivity contribution in [1.82, 2.24) is 14.7 Å². The van der Waals surface area contributed by atoms with E-state index in [1.165, 1.54) is 25.6 Å². The fraction of sp³-hybridized carbons (Fsp3) is 0.412. The Morgan fingerprint density at radius 3 is 2.59 bits per heavy atom. The van der Waals surface area contributed by atoms with Gasteiger partial charge in [-0.2, -0.15) is 0 Å². The van der Waals surface area contributed by atoms with Gasteiger partial charge < -0.3 is 19.7 Å². The second-order valence-electron chi connectivity index (χ2n) is 5.86. The highest BCUT2D eigenvalue weighted by Crippen LogP contribution is 2.16. The van der Waals surface area contributed by atoms with Crippen LogP contribution in [0, 0.1) is 0 Å². The highest BCUT2D eigenvalue weighted by Gasteiger charge is 2.14. The van der Waals surface area contributed by atoms with Crippen molar-refractivity contribution < 1.29 is 17.9 Å². The molecule has 0 saturated carbocycles. The van der Waals surface area contributed by atoms with Crippen molar-refractivity contribution in [2.45, 2.75) is 4.90 Å². The molecule has 1 aliphatic rings. The van der Waals surface area contributed by atoms with Crippen molar-refractivity contribution in [2.24, 2.45) is 0 Å². The number of anilines is 2. The summed E-state index contributed by atoms with van der Waals surface area (Å²) in [6.07, 6.45) is 1.49. The Balaban J connectivity index is 1.50. The Morgan fingerprint density at radius 1 is 1.15 bits per heavy atom. The molecule has 0 aliphatic carbocycles. The number of nitrogens with one attached hydrogen (secondary N) is 2. The molecule has 1 aromatic heterocycles. The molecule has 146 valence electrons. The highest BCUT2D eigenvalue weighted by atomic mass is 32.2. The number of methoxy groups -OCH3 is 1. The standard InChI is InChI=1S/C17H23N5O4S/c1-25-14-2-4-15(5-3-14)27(23,24)21-7-6-18-16-12-17(20-13-19-16)22-8-10-26-11-9-22/h2-5,12-13,21H,6-11H2,1H3,(H,18,19,20). The van der Waals surface area contributed by atoms with E-state index in [9.17, 15) is 8.42 Å². The van der Waals surface area contributed by atoms with Gasteiger partial charge in [0.05, 0.1) is 25.2 Å². The third-order valence-corrected chi connectivity index (χ3v) is 5.56. The molecule has 0 atom stereocenters. The van der Waals surface area contributed by atoms with E-state index in [1.807, 2.05) is 6.07 Å². The second-order valence-corrected chi connectivity index (χ2v) is 7.63. The van der Waals surface area contributed by atoms with Crippen LogP contribution in [-0.2, 0) is 14.8 Å². The van der Waals surface area contributed by atoms with E-state index in [4.69, 9.17) is 9.47 Å². The summed E-state index contributed by atoms with van der Waals surface area (Å²) in [7, 11) is -2.03. The largest absolute Gasteiger partial charge is 0.497 e. The van der Waals surface area contributed by atoms with Gasteiger partial charge in [-0.15, -0.1) is 0 Å². The Labute approximate surface area is 158 Å². The summed E-state index contributed by atoms with van der Waals surface area (Å²) < 4.78 is 37.5. The van der Waals surface area contributed by atoms with Crippen molar-refractivity contribution in [3.05, 3.63) is 36.7 Å². The van der Waals surface area contributed by atoms with Crippen LogP contribution in [0.1, 0.15) is 0 Å². The first-order valence-electron chi connectivity index (χ1n) is 8.61. The first-order valence-corrected chi connectivity index (χ1v) is 10.1. The van der Waals surface area contributed by atoms with E-state index >= 15 is 0 Å². The molecular formula is C17H23N5O4S. The zero-order chi connectivity index (χ0) is 19.1. The van der Waals surface area contributed by atoms with E-state index in [-0.39, 0.29) is 11.4 Å². The third-order valence-electron chi connectivity index (χ3n) is 4.08. The van der Waals surface area contributed by atoms with E-state index in [0.29, 0.717) is 31.3 Å². The Kier molecular flexibility index (Phi) is 6.43. The zero-order valence-electron chi connectivity index (χ0n) is 15.1. The Morgan fingerprint density at radius 2 is 1.89 bits per heavy atom. The molecule has 10 heteroatoms. The summed E-state index contributed by atoms with van der Waals surface area (Å²) in [5.41, 5.74) is 0. The lowest BCUT2D eigenvalue weighted by atomic mass is 10.3. The summed E-state index contributed by atoms with van der Waals surface area (Å²) in [6.45, 7) is 3.57. The Bertz CT molecular complexity index is 839. The molecule has 0 radical (unpaired) electrons. The first kappa shape index (κ1) is 19.3. The minimum atomic E-state index is -3.57. The fourth-order valence-corrected chi connectivity index (χ4v) is 3.66. The van der Waals surface area contributed by atoms with Crippen molar-refractivity contribution >= 4 is 21.7 Å². The smallest absolute Gasteiger partial charge is 0.240 e. The predicted molar refractivity (Wildman–Crippen MR) is 102 cm³/mol. The molecule has 0 bridgehead atoms. The molecule has 1 aromatic carbocycles. The van der Waals surface area contributed by atoms with Gasteiger partial charge in [0.2, 0.25) is 10.0 Å². The molecule has 2 aromatic rings. The van der Waals surface area contributed by atoms with E-state index in [0.717, 1.165) is 18.9 Å². The quantitative estimate of drug-likeness (QED) is 0.632. The molecule has 27 heavy (non-hydrogen) atoms.